The maximum Gasteiger partial charge on any atom is 0.416 e. The average Bonchev–Trinajstić information content (AvgIpc) is 3.05. The third-order valence-corrected chi connectivity index (χ3v) is 5.28. The minimum absolute atomic E-state index is 0.00400. The van der Waals surface area contributed by atoms with Crippen molar-refractivity contribution in [2.75, 3.05) is 18.3 Å². The molecule has 2 heterocycles. The van der Waals surface area contributed by atoms with Gasteiger partial charge < -0.3 is 9.72 Å². The predicted molar refractivity (Wildman–Crippen MR) is 114 cm³/mol. The Hall–Kier alpha value is -3.82. The van der Waals surface area contributed by atoms with Gasteiger partial charge in [0.25, 0.3) is 0 Å². The van der Waals surface area contributed by atoms with Crippen molar-refractivity contribution in [3.63, 3.8) is 0 Å². The van der Waals surface area contributed by atoms with Gasteiger partial charge in [-0.3, -0.25) is 4.90 Å². The predicted octanol–water partition coefficient (Wildman–Crippen LogP) is 5.46. The first-order valence-electron chi connectivity index (χ1n) is 10.1. The molecule has 1 aromatic heterocycles. The molecule has 0 unspecified atom stereocenters. The second-order valence-corrected chi connectivity index (χ2v) is 7.34. The topological polar surface area (TPSA) is 65.6 Å². The Bertz CT molecular complexity index is 1250. The fraction of sp³-hybridized carbons (Fsp3) is 0.217. The minimum atomic E-state index is -4.69. The van der Waals surface area contributed by atoms with Crippen molar-refractivity contribution in [3.8, 4) is 0 Å². The van der Waals surface area contributed by atoms with E-state index in [2.05, 4.69) is 4.98 Å². The standard InChI is InChI=1S/C23H19F4N3O3/c1-2-33-21(31)18-13-29(11-10-17-16-8-3-4-9-19(16)28-20(17)18)22(32)30(27)15-7-5-6-14(12-15)23(24,25)26/h3-9,12-13,28H,2,10-11H2,1H3. The Morgan fingerprint density at radius 3 is 2.64 bits per heavy atom. The van der Waals surface area contributed by atoms with Crippen LogP contribution in [0.2, 0.25) is 0 Å². The molecule has 3 aromatic rings. The molecule has 172 valence electrons. The maximum atomic E-state index is 14.9. The lowest BCUT2D eigenvalue weighted by Crippen LogP contribution is -2.37. The summed E-state index contributed by atoms with van der Waals surface area (Å²) < 4.78 is 59.0. The van der Waals surface area contributed by atoms with Gasteiger partial charge in [0.05, 0.1) is 29.1 Å². The van der Waals surface area contributed by atoms with E-state index in [9.17, 15) is 27.2 Å². The van der Waals surface area contributed by atoms with Gasteiger partial charge in [-0.25, -0.2) is 9.59 Å². The molecule has 0 fully saturated rings. The second kappa shape index (κ2) is 8.61. The van der Waals surface area contributed by atoms with E-state index < -0.39 is 29.4 Å². The molecule has 1 aliphatic heterocycles. The molecular weight excluding hydrogens is 442 g/mol. The van der Waals surface area contributed by atoms with E-state index in [1.165, 1.54) is 6.20 Å². The van der Waals surface area contributed by atoms with Crippen LogP contribution in [0, 0.1) is 0 Å². The number of rotatable bonds is 3. The number of nitrogens with one attached hydrogen (secondary N) is 1. The zero-order valence-electron chi connectivity index (χ0n) is 17.4. The third-order valence-electron chi connectivity index (χ3n) is 5.28. The molecule has 0 bridgehead atoms. The van der Waals surface area contributed by atoms with Crippen LogP contribution >= 0.6 is 0 Å². The number of hydrogen-bond donors (Lipinski definition) is 1. The Morgan fingerprint density at radius 2 is 1.91 bits per heavy atom. The van der Waals surface area contributed by atoms with E-state index in [1.807, 2.05) is 24.3 Å². The number of halogens is 4. The van der Waals surface area contributed by atoms with Crippen molar-refractivity contribution in [2.45, 2.75) is 19.5 Å². The summed E-state index contributed by atoms with van der Waals surface area (Å²) in [6.07, 6.45) is -3.24. The molecular formula is C23H19F4N3O3. The first kappa shape index (κ1) is 22.4. The Balaban J connectivity index is 1.71. The number of alkyl halides is 3. The number of hydrogen-bond acceptors (Lipinski definition) is 3. The van der Waals surface area contributed by atoms with Gasteiger partial charge in [0, 0.05) is 23.6 Å². The number of aromatic nitrogens is 1. The third kappa shape index (κ3) is 4.28. The molecule has 0 radical (unpaired) electrons. The summed E-state index contributed by atoms with van der Waals surface area (Å²) in [5.74, 6) is -0.713. The van der Waals surface area contributed by atoms with E-state index >= 15 is 0 Å². The number of nitrogens with zero attached hydrogens (tertiary/aromatic N) is 2. The number of benzene rings is 2. The summed E-state index contributed by atoms with van der Waals surface area (Å²) in [4.78, 5) is 29.6. The molecule has 0 saturated carbocycles. The highest BCUT2D eigenvalue weighted by molar-refractivity contribution is 6.18. The van der Waals surface area contributed by atoms with E-state index in [0.717, 1.165) is 39.6 Å². The van der Waals surface area contributed by atoms with Crippen LogP contribution in [0.4, 0.5) is 28.1 Å². The van der Waals surface area contributed by atoms with E-state index in [1.54, 1.807) is 6.92 Å². The number of aromatic amines is 1. The Labute approximate surface area is 186 Å². The van der Waals surface area contributed by atoms with Crippen molar-refractivity contribution >= 4 is 34.2 Å². The Kier molecular flexibility index (Phi) is 5.84. The molecule has 2 aromatic carbocycles. The second-order valence-electron chi connectivity index (χ2n) is 7.34. The van der Waals surface area contributed by atoms with E-state index in [4.69, 9.17) is 4.74 Å². The lowest BCUT2D eigenvalue weighted by atomic mass is 10.0. The summed E-state index contributed by atoms with van der Waals surface area (Å²) in [5, 5.41) is 0.471. The molecule has 4 rings (SSSR count). The van der Waals surface area contributed by atoms with E-state index in [0.29, 0.717) is 11.8 Å². The number of carbonyl (C=O) groups is 2. The molecule has 0 saturated heterocycles. The molecule has 2 amide bonds. The summed E-state index contributed by atoms with van der Waals surface area (Å²) >= 11 is 0. The number of carbonyl (C=O) groups excluding carboxylic acids is 2. The molecule has 0 spiro atoms. The van der Waals surface area contributed by atoms with Gasteiger partial charge >= 0.3 is 18.2 Å². The number of amides is 2. The van der Waals surface area contributed by atoms with Crippen molar-refractivity contribution in [1.29, 1.82) is 0 Å². The fourth-order valence-electron chi connectivity index (χ4n) is 3.75. The van der Waals surface area contributed by atoms with Gasteiger partial charge in [-0.05, 0) is 43.2 Å². The first-order chi connectivity index (χ1) is 15.7. The Morgan fingerprint density at radius 1 is 1.15 bits per heavy atom. The SMILES string of the molecule is CCOC(=O)C1=CN(C(=O)N(F)c2cccc(C(F)(F)F)c2)CCc2c1[nH]c1ccccc21. The molecule has 0 aliphatic carbocycles. The van der Waals surface area contributed by atoms with Gasteiger partial charge in [0.1, 0.15) is 0 Å². The normalized spacial score (nSPS) is 13.8. The van der Waals surface area contributed by atoms with Crippen LogP contribution in [0.5, 0.6) is 0 Å². The maximum absolute atomic E-state index is 14.9. The van der Waals surface area contributed by atoms with Crippen molar-refractivity contribution < 1.29 is 32.0 Å². The summed E-state index contributed by atoms with van der Waals surface area (Å²) in [5.41, 5.74) is 0.351. The fourth-order valence-corrected chi connectivity index (χ4v) is 3.75. The van der Waals surface area contributed by atoms with Crippen molar-refractivity contribution in [1.82, 2.24) is 9.88 Å². The number of ether oxygens (including phenoxy) is 1. The van der Waals surface area contributed by atoms with Crippen LogP contribution in [0.1, 0.15) is 23.7 Å². The zero-order valence-corrected chi connectivity index (χ0v) is 17.4. The van der Waals surface area contributed by atoms with Crippen LogP contribution in [0.25, 0.3) is 16.5 Å². The van der Waals surface area contributed by atoms with Gasteiger partial charge in [0.15, 0.2) is 0 Å². The van der Waals surface area contributed by atoms with Crippen molar-refractivity contribution in [3.05, 3.63) is 71.6 Å². The highest BCUT2D eigenvalue weighted by atomic mass is 19.4. The lowest BCUT2D eigenvalue weighted by molar-refractivity contribution is -0.138. The number of urea groups is 1. The minimum Gasteiger partial charge on any atom is -0.462 e. The number of esters is 1. The number of fused-ring (bicyclic) bond motifs is 3. The first-order valence-corrected chi connectivity index (χ1v) is 10.1. The van der Waals surface area contributed by atoms with Crippen LogP contribution in [0.15, 0.2) is 54.7 Å². The molecule has 33 heavy (non-hydrogen) atoms. The van der Waals surface area contributed by atoms with Crippen LogP contribution in [-0.2, 0) is 22.1 Å². The lowest BCUT2D eigenvalue weighted by Gasteiger charge is -2.22. The molecule has 1 aliphatic rings. The van der Waals surface area contributed by atoms with Crippen molar-refractivity contribution in [2.24, 2.45) is 0 Å². The van der Waals surface area contributed by atoms with Gasteiger partial charge in [0.2, 0.25) is 0 Å². The summed E-state index contributed by atoms with van der Waals surface area (Å²) in [6, 6.07) is 9.51. The van der Waals surface area contributed by atoms with E-state index in [-0.39, 0.29) is 30.3 Å². The highest BCUT2D eigenvalue weighted by Gasteiger charge is 2.33. The highest BCUT2D eigenvalue weighted by Crippen LogP contribution is 2.34. The van der Waals surface area contributed by atoms with Crippen LogP contribution in [0.3, 0.4) is 0 Å². The summed E-state index contributed by atoms with van der Waals surface area (Å²) in [7, 11) is 0. The molecule has 0 atom stereocenters. The van der Waals surface area contributed by atoms with Gasteiger partial charge in [-0.2, -0.15) is 13.2 Å². The van der Waals surface area contributed by atoms with Crippen LogP contribution < -0.4 is 5.12 Å². The average molecular weight is 461 g/mol. The monoisotopic (exact) mass is 461 g/mol. The van der Waals surface area contributed by atoms with Gasteiger partial charge in [-0.15, -0.1) is 5.12 Å². The largest absolute Gasteiger partial charge is 0.462 e. The smallest absolute Gasteiger partial charge is 0.416 e. The van der Waals surface area contributed by atoms with Crippen LogP contribution in [-0.4, -0.2) is 35.0 Å². The molecule has 10 heteroatoms. The summed E-state index contributed by atoms with van der Waals surface area (Å²) in [6.45, 7) is 1.70. The quantitative estimate of drug-likeness (QED) is 0.320. The zero-order chi connectivity index (χ0) is 23.8. The molecule has 6 nitrogen and oxygen atoms in total. The number of para-hydroxylation sites is 1. The van der Waals surface area contributed by atoms with Gasteiger partial charge in [-0.1, -0.05) is 28.7 Å². The number of H-pyrrole nitrogens is 1. The molecule has 1 N–H and O–H groups in total. The number of anilines is 1.